The Balaban J connectivity index is 0.00000162. The van der Waals surface area contributed by atoms with Gasteiger partial charge in [-0.25, -0.2) is 8.42 Å². The molecule has 0 unspecified atom stereocenters. The van der Waals surface area contributed by atoms with Crippen molar-refractivity contribution in [1.82, 2.24) is 4.31 Å². The van der Waals surface area contributed by atoms with Crippen LogP contribution in [0.15, 0.2) is 29.2 Å². The van der Waals surface area contributed by atoms with E-state index in [0.717, 1.165) is 6.42 Å². The van der Waals surface area contributed by atoms with Crippen LogP contribution < -0.4 is 10.5 Å². The Kier molecular flexibility index (Phi) is 4.98. The first-order valence-corrected chi connectivity index (χ1v) is 6.88. The van der Waals surface area contributed by atoms with E-state index in [9.17, 15) is 8.42 Å². The number of benzene rings is 1. The number of halogens is 1. The van der Waals surface area contributed by atoms with Crippen LogP contribution in [0.5, 0.6) is 5.75 Å². The predicted molar refractivity (Wildman–Crippen MR) is 71.6 cm³/mol. The molecular weight excluding hydrogens is 276 g/mol. The number of hydrogen-bond donors (Lipinski definition) is 1. The Bertz CT molecular complexity index is 490. The maximum atomic E-state index is 12.2. The molecule has 1 aliphatic rings. The molecule has 18 heavy (non-hydrogen) atoms. The molecule has 1 saturated heterocycles. The summed E-state index contributed by atoms with van der Waals surface area (Å²) in [5.41, 5.74) is 5.72. The van der Waals surface area contributed by atoms with Crippen LogP contribution in [0.1, 0.15) is 6.42 Å². The van der Waals surface area contributed by atoms with Gasteiger partial charge in [0.05, 0.1) is 12.0 Å². The highest BCUT2D eigenvalue weighted by Gasteiger charge is 2.30. The van der Waals surface area contributed by atoms with Crippen molar-refractivity contribution in [2.75, 3.05) is 20.2 Å². The molecule has 1 heterocycles. The topological polar surface area (TPSA) is 72.6 Å². The average Bonchev–Trinajstić information content (AvgIpc) is 2.77. The van der Waals surface area contributed by atoms with Crippen LogP contribution in [0, 0.1) is 0 Å². The Morgan fingerprint density at radius 2 is 1.94 bits per heavy atom. The van der Waals surface area contributed by atoms with Crippen molar-refractivity contribution in [2.45, 2.75) is 17.4 Å². The first-order chi connectivity index (χ1) is 8.04. The minimum absolute atomic E-state index is 0. The van der Waals surface area contributed by atoms with Crippen LogP contribution in [0.4, 0.5) is 0 Å². The van der Waals surface area contributed by atoms with Crippen LogP contribution in [-0.4, -0.2) is 39.0 Å². The summed E-state index contributed by atoms with van der Waals surface area (Å²) in [4.78, 5) is 0.285. The Morgan fingerprint density at radius 1 is 1.33 bits per heavy atom. The van der Waals surface area contributed by atoms with Gasteiger partial charge in [-0.1, -0.05) is 0 Å². The van der Waals surface area contributed by atoms with Gasteiger partial charge in [-0.15, -0.1) is 12.4 Å². The molecule has 7 heteroatoms. The van der Waals surface area contributed by atoms with Gasteiger partial charge in [0.25, 0.3) is 0 Å². The molecule has 5 nitrogen and oxygen atoms in total. The molecular formula is C11H17ClN2O3S. The van der Waals surface area contributed by atoms with Gasteiger partial charge in [-0.2, -0.15) is 4.31 Å². The number of hydrogen-bond acceptors (Lipinski definition) is 4. The molecule has 2 N–H and O–H groups in total. The van der Waals surface area contributed by atoms with E-state index in [1.807, 2.05) is 0 Å². The minimum Gasteiger partial charge on any atom is -0.497 e. The Morgan fingerprint density at radius 3 is 2.39 bits per heavy atom. The standard InChI is InChI=1S/C11H16N2O3S.ClH/c1-16-10-2-4-11(5-3-10)17(14,15)13-7-6-9(12)8-13;/h2-5,9H,6-8,12H2,1H3;1H/t9-;/m0./s1. The molecule has 0 aliphatic carbocycles. The fourth-order valence-electron chi connectivity index (χ4n) is 1.87. The highest BCUT2D eigenvalue weighted by atomic mass is 35.5. The molecule has 0 aromatic heterocycles. The number of methoxy groups -OCH3 is 1. The van der Waals surface area contributed by atoms with E-state index >= 15 is 0 Å². The van der Waals surface area contributed by atoms with Gasteiger partial charge in [0.1, 0.15) is 5.75 Å². The predicted octanol–water partition coefficient (Wildman–Crippen LogP) is 0.839. The third-order valence-corrected chi connectivity index (χ3v) is 4.76. The summed E-state index contributed by atoms with van der Waals surface area (Å²) < 4.78 is 30.8. The summed E-state index contributed by atoms with van der Waals surface area (Å²) in [7, 11) is -1.85. The second-order valence-electron chi connectivity index (χ2n) is 4.09. The fraction of sp³-hybridized carbons (Fsp3) is 0.455. The van der Waals surface area contributed by atoms with Crippen molar-refractivity contribution in [3.63, 3.8) is 0 Å². The zero-order chi connectivity index (χ0) is 12.5. The molecule has 0 saturated carbocycles. The van der Waals surface area contributed by atoms with Gasteiger partial charge in [0, 0.05) is 19.1 Å². The normalized spacial score (nSPS) is 20.4. The van der Waals surface area contributed by atoms with E-state index < -0.39 is 10.0 Å². The van der Waals surface area contributed by atoms with Crippen LogP contribution in [0.2, 0.25) is 0 Å². The van der Waals surface area contributed by atoms with Gasteiger partial charge in [0.15, 0.2) is 0 Å². The van der Waals surface area contributed by atoms with Crippen LogP contribution in [0.3, 0.4) is 0 Å². The van der Waals surface area contributed by atoms with E-state index in [0.29, 0.717) is 18.8 Å². The number of nitrogens with zero attached hydrogens (tertiary/aromatic N) is 1. The van der Waals surface area contributed by atoms with Crippen LogP contribution in [0.25, 0.3) is 0 Å². The Hall–Kier alpha value is -0.820. The molecule has 1 atom stereocenters. The van der Waals surface area contributed by atoms with Gasteiger partial charge >= 0.3 is 0 Å². The first kappa shape index (κ1) is 15.2. The summed E-state index contributed by atoms with van der Waals surface area (Å²) in [5.74, 6) is 0.641. The second-order valence-corrected chi connectivity index (χ2v) is 6.03. The molecule has 1 aromatic rings. The maximum absolute atomic E-state index is 12.2. The average molecular weight is 293 g/mol. The minimum atomic E-state index is -3.40. The first-order valence-electron chi connectivity index (χ1n) is 5.44. The highest BCUT2D eigenvalue weighted by molar-refractivity contribution is 7.89. The summed E-state index contributed by atoms with van der Waals surface area (Å²) >= 11 is 0. The molecule has 0 radical (unpaired) electrons. The van der Waals surface area contributed by atoms with E-state index in [-0.39, 0.29) is 23.3 Å². The van der Waals surface area contributed by atoms with E-state index in [1.165, 1.54) is 4.31 Å². The van der Waals surface area contributed by atoms with Gasteiger partial charge in [-0.05, 0) is 30.7 Å². The van der Waals surface area contributed by atoms with Crippen LogP contribution >= 0.6 is 12.4 Å². The van der Waals surface area contributed by atoms with Crippen molar-refractivity contribution in [1.29, 1.82) is 0 Å². The van der Waals surface area contributed by atoms with Crippen LogP contribution in [-0.2, 0) is 10.0 Å². The lowest BCUT2D eigenvalue weighted by Gasteiger charge is -2.16. The molecule has 0 bridgehead atoms. The van der Waals surface area contributed by atoms with Gasteiger partial charge in [0.2, 0.25) is 10.0 Å². The molecule has 0 amide bonds. The van der Waals surface area contributed by atoms with Gasteiger partial charge in [-0.3, -0.25) is 0 Å². The lowest BCUT2D eigenvalue weighted by atomic mass is 10.3. The van der Waals surface area contributed by atoms with E-state index in [2.05, 4.69) is 0 Å². The molecule has 2 rings (SSSR count). The molecule has 0 spiro atoms. The van der Waals surface area contributed by atoms with E-state index in [1.54, 1.807) is 31.4 Å². The number of rotatable bonds is 3. The molecule has 1 aromatic carbocycles. The van der Waals surface area contributed by atoms with Gasteiger partial charge < -0.3 is 10.5 Å². The smallest absolute Gasteiger partial charge is 0.243 e. The summed E-state index contributed by atoms with van der Waals surface area (Å²) in [6.45, 7) is 0.893. The monoisotopic (exact) mass is 292 g/mol. The zero-order valence-electron chi connectivity index (χ0n) is 10.1. The van der Waals surface area contributed by atoms with Crippen molar-refractivity contribution < 1.29 is 13.2 Å². The van der Waals surface area contributed by atoms with E-state index in [4.69, 9.17) is 10.5 Å². The number of ether oxygens (including phenoxy) is 1. The van der Waals surface area contributed by atoms with Crippen molar-refractivity contribution in [3.05, 3.63) is 24.3 Å². The third-order valence-electron chi connectivity index (χ3n) is 2.88. The third kappa shape index (κ3) is 2.95. The lowest BCUT2D eigenvalue weighted by Crippen LogP contribution is -2.31. The summed E-state index contributed by atoms with van der Waals surface area (Å²) in [6, 6.07) is 6.34. The maximum Gasteiger partial charge on any atom is 0.243 e. The zero-order valence-corrected chi connectivity index (χ0v) is 11.7. The molecule has 1 fully saturated rings. The second kappa shape index (κ2) is 5.88. The number of nitrogens with two attached hydrogens (primary N) is 1. The van der Waals surface area contributed by atoms with Crippen molar-refractivity contribution >= 4 is 22.4 Å². The lowest BCUT2D eigenvalue weighted by molar-refractivity contribution is 0.414. The molecule has 102 valence electrons. The SMILES string of the molecule is COc1ccc(S(=O)(=O)N2CC[C@H](N)C2)cc1.Cl. The summed E-state index contributed by atoms with van der Waals surface area (Å²) in [6.07, 6.45) is 0.718. The fourth-order valence-corrected chi connectivity index (χ4v) is 3.38. The number of sulfonamides is 1. The highest BCUT2D eigenvalue weighted by Crippen LogP contribution is 2.22. The van der Waals surface area contributed by atoms with Crippen molar-refractivity contribution in [3.8, 4) is 5.75 Å². The van der Waals surface area contributed by atoms with Crippen molar-refractivity contribution in [2.24, 2.45) is 5.73 Å². The Labute approximate surface area is 113 Å². The summed E-state index contributed by atoms with van der Waals surface area (Å²) in [5, 5.41) is 0. The quantitative estimate of drug-likeness (QED) is 0.896. The largest absolute Gasteiger partial charge is 0.497 e. The molecule has 1 aliphatic heterocycles.